The molecule has 1 amide bonds. The first-order chi connectivity index (χ1) is 8.10. The van der Waals surface area contributed by atoms with Crippen LogP contribution in [0, 0.1) is 18.2 Å². The van der Waals surface area contributed by atoms with Crippen LogP contribution in [0.25, 0.3) is 0 Å². The molecule has 1 unspecified atom stereocenters. The van der Waals surface area contributed by atoms with Gasteiger partial charge in [-0.05, 0) is 34.5 Å². The van der Waals surface area contributed by atoms with Gasteiger partial charge in [0.2, 0.25) is 0 Å². The summed E-state index contributed by atoms with van der Waals surface area (Å²) in [6.07, 6.45) is 6.82. The zero-order valence-corrected chi connectivity index (χ0v) is 11.1. The van der Waals surface area contributed by atoms with Crippen molar-refractivity contribution in [2.45, 2.75) is 25.8 Å². The zero-order valence-electron chi connectivity index (χ0n) is 9.47. The third-order valence-electron chi connectivity index (χ3n) is 2.28. The van der Waals surface area contributed by atoms with Gasteiger partial charge in [0.05, 0.1) is 16.1 Å². The summed E-state index contributed by atoms with van der Waals surface area (Å²) in [5, 5.41) is 2.62. The van der Waals surface area contributed by atoms with Crippen molar-refractivity contribution in [2.75, 3.05) is 0 Å². The number of halogens is 2. The Balaban J connectivity index is 2.83. The van der Waals surface area contributed by atoms with E-state index in [-0.39, 0.29) is 16.1 Å². The number of terminal acetylenes is 1. The zero-order chi connectivity index (χ0) is 12.8. The van der Waals surface area contributed by atoms with E-state index < -0.39 is 11.7 Å². The van der Waals surface area contributed by atoms with E-state index in [2.05, 4.69) is 27.2 Å². The molecule has 0 radical (unpaired) electrons. The Kier molecular flexibility index (Phi) is 5.17. The Bertz CT molecular complexity index is 453. The molecule has 0 fully saturated rings. The van der Waals surface area contributed by atoms with Gasteiger partial charge in [0, 0.05) is 0 Å². The van der Waals surface area contributed by atoms with E-state index in [1.807, 2.05) is 6.92 Å². The van der Waals surface area contributed by atoms with Gasteiger partial charge in [-0.1, -0.05) is 25.3 Å². The normalized spacial score (nSPS) is 11.6. The van der Waals surface area contributed by atoms with Crippen LogP contribution in [-0.2, 0) is 0 Å². The third kappa shape index (κ3) is 3.57. The fraction of sp³-hybridized carbons (Fsp3) is 0.308. The Morgan fingerprint density at radius 3 is 2.94 bits per heavy atom. The number of rotatable bonds is 4. The van der Waals surface area contributed by atoms with Crippen LogP contribution in [0.4, 0.5) is 4.39 Å². The molecule has 90 valence electrons. The molecule has 1 aromatic carbocycles. The van der Waals surface area contributed by atoms with Crippen LogP contribution < -0.4 is 5.32 Å². The topological polar surface area (TPSA) is 29.1 Å². The van der Waals surface area contributed by atoms with Crippen molar-refractivity contribution in [3.05, 3.63) is 34.1 Å². The minimum absolute atomic E-state index is 0.00396. The highest BCUT2D eigenvalue weighted by atomic mass is 79.9. The van der Waals surface area contributed by atoms with Gasteiger partial charge in [-0.15, -0.1) is 6.42 Å². The molecule has 0 heterocycles. The molecule has 0 aliphatic heterocycles. The monoisotopic (exact) mass is 297 g/mol. The van der Waals surface area contributed by atoms with Gasteiger partial charge in [-0.2, -0.15) is 0 Å². The molecule has 17 heavy (non-hydrogen) atoms. The lowest BCUT2D eigenvalue weighted by Gasteiger charge is -2.12. The first kappa shape index (κ1) is 13.7. The lowest BCUT2D eigenvalue weighted by molar-refractivity contribution is 0.0940. The number of carbonyl (C=O) groups excluding carboxylic acids is 1. The van der Waals surface area contributed by atoms with Gasteiger partial charge in [-0.25, -0.2) is 4.39 Å². The predicted octanol–water partition coefficient (Wildman–Crippen LogP) is 3.12. The van der Waals surface area contributed by atoms with E-state index in [0.29, 0.717) is 6.42 Å². The highest BCUT2D eigenvalue weighted by molar-refractivity contribution is 9.10. The van der Waals surface area contributed by atoms with Crippen molar-refractivity contribution in [1.82, 2.24) is 5.32 Å². The minimum Gasteiger partial charge on any atom is -0.338 e. The number of nitrogens with one attached hydrogen (secondary N) is 1. The van der Waals surface area contributed by atoms with Gasteiger partial charge in [0.15, 0.2) is 0 Å². The molecule has 0 bridgehead atoms. The first-order valence-corrected chi connectivity index (χ1v) is 6.10. The van der Waals surface area contributed by atoms with Gasteiger partial charge in [0.1, 0.15) is 5.82 Å². The van der Waals surface area contributed by atoms with Crippen molar-refractivity contribution < 1.29 is 9.18 Å². The van der Waals surface area contributed by atoms with Crippen LogP contribution in [0.5, 0.6) is 0 Å². The van der Waals surface area contributed by atoms with E-state index in [9.17, 15) is 9.18 Å². The Labute approximate surface area is 109 Å². The fourth-order valence-electron chi connectivity index (χ4n) is 1.40. The molecule has 1 aromatic rings. The molecule has 0 aliphatic rings. The minimum atomic E-state index is -0.572. The highest BCUT2D eigenvalue weighted by Gasteiger charge is 2.16. The average Bonchev–Trinajstić information content (AvgIpc) is 2.31. The summed E-state index contributed by atoms with van der Waals surface area (Å²) in [5.74, 6) is 1.41. The standard InChI is InChI=1S/C13H13BrFNO/c1-3-6-9(4-2)16-13(17)10-7-5-8-11(14)12(10)15/h2,5,7-9H,3,6H2,1H3,(H,16,17). The largest absolute Gasteiger partial charge is 0.338 e. The molecule has 0 saturated carbocycles. The molecule has 1 N–H and O–H groups in total. The Morgan fingerprint density at radius 1 is 1.65 bits per heavy atom. The maximum atomic E-state index is 13.6. The second-order valence-electron chi connectivity index (χ2n) is 3.58. The van der Waals surface area contributed by atoms with Crippen molar-refractivity contribution in [2.24, 2.45) is 0 Å². The molecule has 1 rings (SSSR count). The molecule has 0 spiro atoms. The van der Waals surface area contributed by atoms with Crippen LogP contribution in [0.15, 0.2) is 22.7 Å². The molecular formula is C13H13BrFNO. The van der Waals surface area contributed by atoms with Crippen molar-refractivity contribution in [3.63, 3.8) is 0 Å². The quantitative estimate of drug-likeness (QED) is 0.850. The second-order valence-corrected chi connectivity index (χ2v) is 4.44. The Hall–Kier alpha value is -1.34. The number of benzene rings is 1. The summed E-state index contributed by atoms with van der Waals surface area (Å²) in [6.45, 7) is 1.97. The van der Waals surface area contributed by atoms with Crippen LogP contribution >= 0.6 is 15.9 Å². The van der Waals surface area contributed by atoms with Gasteiger partial charge in [-0.3, -0.25) is 4.79 Å². The number of hydrogen-bond acceptors (Lipinski definition) is 1. The lowest BCUT2D eigenvalue weighted by Crippen LogP contribution is -2.34. The van der Waals surface area contributed by atoms with Gasteiger partial charge in [0.25, 0.3) is 5.91 Å². The fourth-order valence-corrected chi connectivity index (χ4v) is 1.77. The number of hydrogen-bond donors (Lipinski definition) is 1. The summed E-state index contributed by atoms with van der Waals surface area (Å²) in [4.78, 5) is 11.8. The first-order valence-electron chi connectivity index (χ1n) is 5.31. The smallest absolute Gasteiger partial charge is 0.255 e. The van der Waals surface area contributed by atoms with Crippen LogP contribution in [-0.4, -0.2) is 11.9 Å². The summed E-state index contributed by atoms with van der Waals surface area (Å²) < 4.78 is 13.9. The number of carbonyl (C=O) groups is 1. The molecule has 2 nitrogen and oxygen atoms in total. The summed E-state index contributed by atoms with van der Waals surface area (Å²) >= 11 is 3.03. The van der Waals surface area contributed by atoms with E-state index in [0.717, 1.165) is 6.42 Å². The maximum absolute atomic E-state index is 13.6. The van der Waals surface area contributed by atoms with E-state index in [4.69, 9.17) is 6.42 Å². The third-order valence-corrected chi connectivity index (χ3v) is 2.89. The molecule has 4 heteroatoms. The van der Waals surface area contributed by atoms with Crippen molar-refractivity contribution in [3.8, 4) is 12.3 Å². The highest BCUT2D eigenvalue weighted by Crippen LogP contribution is 2.18. The van der Waals surface area contributed by atoms with Crippen molar-refractivity contribution in [1.29, 1.82) is 0 Å². The molecule has 1 atom stereocenters. The summed E-state index contributed by atoms with van der Waals surface area (Å²) in [7, 11) is 0. The van der Waals surface area contributed by atoms with Crippen molar-refractivity contribution >= 4 is 21.8 Å². The van der Waals surface area contributed by atoms with Crippen LogP contribution in [0.2, 0.25) is 0 Å². The van der Waals surface area contributed by atoms with E-state index in [1.165, 1.54) is 12.1 Å². The molecule has 0 aromatic heterocycles. The molecule has 0 saturated heterocycles. The lowest BCUT2D eigenvalue weighted by atomic mass is 10.1. The SMILES string of the molecule is C#CC(CCC)NC(=O)c1cccc(Br)c1F. The average molecular weight is 298 g/mol. The molecular weight excluding hydrogens is 285 g/mol. The number of amides is 1. The Morgan fingerprint density at radius 2 is 2.35 bits per heavy atom. The van der Waals surface area contributed by atoms with Gasteiger partial charge >= 0.3 is 0 Å². The molecule has 0 aliphatic carbocycles. The maximum Gasteiger partial charge on any atom is 0.255 e. The van der Waals surface area contributed by atoms with Crippen LogP contribution in [0.1, 0.15) is 30.1 Å². The van der Waals surface area contributed by atoms with E-state index in [1.54, 1.807) is 6.07 Å². The predicted molar refractivity (Wildman–Crippen MR) is 69.1 cm³/mol. The second kappa shape index (κ2) is 6.41. The summed E-state index contributed by atoms with van der Waals surface area (Å²) in [5.41, 5.74) is -0.00396. The van der Waals surface area contributed by atoms with E-state index >= 15 is 0 Å². The van der Waals surface area contributed by atoms with Crippen LogP contribution in [0.3, 0.4) is 0 Å². The van der Waals surface area contributed by atoms with Gasteiger partial charge < -0.3 is 5.32 Å². The summed E-state index contributed by atoms with van der Waals surface area (Å²) in [6, 6.07) is 4.21.